The van der Waals surface area contributed by atoms with E-state index >= 15 is 0 Å². The molecule has 1 unspecified atom stereocenters. The van der Waals surface area contributed by atoms with Crippen LogP contribution in [0.2, 0.25) is 0 Å². The number of para-hydroxylation sites is 2. The molecule has 0 fully saturated rings. The minimum absolute atomic E-state index is 0.280. The summed E-state index contributed by atoms with van der Waals surface area (Å²) in [7, 11) is 0. The van der Waals surface area contributed by atoms with Crippen LogP contribution in [0.4, 0.5) is 28.4 Å². The van der Waals surface area contributed by atoms with Gasteiger partial charge in [0.1, 0.15) is 0 Å². The van der Waals surface area contributed by atoms with Crippen LogP contribution in [0.3, 0.4) is 0 Å². The first-order valence-electron chi connectivity index (χ1n) is 14.3. The zero-order chi connectivity index (χ0) is 27.6. The van der Waals surface area contributed by atoms with Crippen LogP contribution in [-0.2, 0) is 0 Å². The third kappa shape index (κ3) is 5.66. The first-order chi connectivity index (χ1) is 18.7. The predicted octanol–water partition coefficient (Wildman–Crippen LogP) is 10.5. The van der Waals surface area contributed by atoms with Gasteiger partial charge in [-0.25, -0.2) is 0 Å². The highest BCUT2D eigenvalue weighted by atomic mass is 15.2. The van der Waals surface area contributed by atoms with Gasteiger partial charge in [0.25, 0.3) is 0 Å². The summed E-state index contributed by atoms with van der Waals surface area (Å²) in [6, 6.07) is 39.6. The van der Waals surface area contributed by atoms with Gasteiger partial charge in [-0.3, -0.25) is 0 Å². The number of hydrogen-bond donors (Lipinski definition) is 0. The van der Waals surface area contributed by atoms with Crippen molar-refractivity contribution in [2.24, 2.45) is 23.2 Å². The van der Waals surface area contributed by atoms with Gasteiger partial charge in [0.2, 0.25) is 0 Å². The van der Waals surface area contributed by atoms with Gasteiger partial charge in [0.15, 0.2) is 0 Å². The maximum Gasteiger partial charge on any atom is 0.0587 e. The fraction of sp³-hybridized carbons (Fsp3) is 0.297. The smallest absolute Gasteiger partial charge is 0.0587 e. The van der Waals surface area contributed by atoms with E-state index in [1.807, 2.05) is 0 Å². The van der Waals surface area contributed by atoms with Gasteiger partial charge in [-0.2, -0.15) is 0 Å². The quantitative estimate of drug-likeness (QED) is 0.216. The van der Waals surface area contributed by atoms with E-state index in [-0.39, 0.29) is 5.41 Å². The van der Waals surface area contributed by atoms with Crippen molar-refractivity contribution in [2.45, 2.75) is 47.6 Å². The molecule has 0 aromatic heterocycles. The van der Waals surface area contributed by atoms with Gasteiger partial charge in [-0.1, -0.05) is 101 Å². The summed E-state index contributed by atoms with van der Waals surface area (Å²) in [5, 5.41) is 0. The molecule has 2 nitrogen and oxygen atoms in total. The van der Waals surface area contributed by atoms with E-state index in [2.05, 4.69) is 173 Å². The van der Waals surface area contributed by atoms with Crippen molar-refractivity contribution in [3.05, 3.63) is 127 Å². The fourth-order valence-corrected chi connectivity index (χ4v) is 5.77. The summed E-state index contributed by atoms with van der Waals surface area (Å²) in [5.41, 5.74) is 7.48. The minimum Gasteiger partial charge on any atom is -0.334 e. The summed E-state index contributed by atoms with van der Waals surface area (Å²) < 4.78 is 0. The number of hydrogen-bond acceptors (Lipinski definition) is 2. The molecule has 0 saturated carbocycles. The molecule has 0 spiro atoms. The molecule has 0 amide bonds. The molecule has 200 valence electrons. The molecule has 5 rings (SSSR count). The first kappa shape index (κ1) is 26.8. The largest absolute Gasteiger partial charge is 0.334 e. The Kier molecular flexibility index (Phi) is 7.66. The maximum absolute atomic E-state index is 2.54. The van der Waals surface area contributed by atoms with Gasteiger partial charge >= 0.3 is 0 Å². The Balaban J connectivity index is 1.51. The van der Waals surface area contributed by atoms with E-state index < -0.39 is 0 Å². The van der Waals surface area contributed by atoms with Crippen molar-refractivity contribution in [3.63, 3.8) is 0 Å². The molecule has 4 aromatic carbocycles. The van der Waals surface area contributed by atoms with Gasteiger partial charge in [-0.05, 0) is 84.8 Å². The van der Waals surface area contributed by atoms with Gasteiger partial charge < -0.3 is 9.80 Å². The van der Waals surface area contributed by atoms with Crippen LogP contribution in [0.1, 0.15) is 40.2 Å². The molecular weight excluding hydrogens is 472 g/mol. The molecule has 0 saturated heterocycles. The Morgan fingerprint density at radius 3 is 1.44 bits per heavy atom. The van der Waals surface area contributed by atoms with Crippen LogP contribution < -0.4 is 9.80 Å². The predicted molar refractivity (Wildman–Crippen MR) is 169 cm³/mol. The molecule has 1 aliphatic carbocycles. The lowest BCUT2D eigenvalue weighted by Crippen LogP contribution is -2.45. The van der Waals surface area contributed by atoms with Crippen molar-refractivity contribution >= 4 is 28.4 Å². The summed E-state index contributed by atoms with van der Waals surface area (Å²) in [5.74, 6) is 1.70. The van der Waals surface area contributed by atoms with Crippen molar-refractivity contribution in [3.8, 4) is 0 Å². The molecule has 0 bridgehead atoms. The summed E-state index contributed by atoms with van der Waals surface area (Å²) in [6.07, 6.45) is 4.82. The maximum atomic E-state index is 2.54. The average Bonchev–Trinajstić information content (AvgIpc) is 2.92. The lowest BCUT2D eigenvalue weighted by Gasteiger charge is -2.47. The third-order valence-corrected chi connectivity index (χ3v) is 8.71. The van der Waals surface area contributed by atoms with E-state index in [0.29, 0.717) is 23.8 Å². The van der Waals surface area contributed by atoms with Crippen LogP contribution in [0.25, 0.3) is 0 Å². The molecule has 1 aliphatic rings. The highest BCUT2D eigenvalue weighted by Crippen LogP contribution is 2.45. The lowest BCUT2D eigenvalue weighted by molar-refractivity contribution is 0.144. The number of nitrogens with zero attached hydrogens (tertiary/aromatic N) is 2. The topological polar surface area (TPSA) is 6.48 Å². The molecule has 4 atom stereocenters. The molecule has 4 aromatic rings. The summed E-state index contributed by atoms with van der Waals surface area (Å²) in [6.45, 7) is 14.1. The standard InChI is InChI=1S/C37H42N2/c1-27-17-19-33(20-18-27)39(36-26-25-35(36)28(2)29(3)37(4,5)6)34-23-21-32(22-24-34)38(30-13-9-7-10-14-30)31-15-11-8-12-16-31/h7-26,28-29,35-36H,1-6H3/t28-,29-,35+,36?/m1/s1. The monoisotopic (exact) mass is 514 g/mol. The lowest BCUT2D eigenvalue weighted by atomic mass is 9.66. The highest BCUT2D eigenvalue weighted by Gasteiger charge is 2.39. The van der Waals surface area contributed by atoms with E-state index in [0.717, 1.165) is 17.1 Å². The van der Waals surface area contributed by atoms with Gasteiger partial charge in [-0.15, -0.1) is 0 Å². The van der Waals surface area contributed by atoms with E-state index in [1.165, 1.54) is 16.9 Å². The Hall–Kier alpha value is -3.78. The van der Waals surface area contributed by atoms with Crippen molar-refractivity contribution in [1.29, 1.82) is 0 Å². The van der Waals surface area contributed by atoms with E-state index in [4.69, 9.17) is 0 Å². The van der Waals surface area contributed by atoms with Crippen LogP contribution >= 0.6 is 0 Å². The van der Waals surface area contributed by atoms with Crippen molar-refractivity contribution in [2.75, 3.05) is 9.80 Å². The van der Waals surface area contributed by atoms with E-state index in [9.17, 15) is 0 Å². The fourth-order valence-electron chi connectivity index (χ4n) is 5.77. The number of aryl methyl sites for hydroxylation is 1. The number of anilines is 5. The average molecular weight is 515 g/mol. The van der Waals surface area contributed by atoms with E-state index in [1.54, 1.807) is 0 Å². The van der Waals surface area contributed by atoms with Crippen LogP contribution in [0.5, 0.6) is 0 Å². The summed E-state index contributed by atoms with van der Waals surface area (Å²) in [4.78, 5) is 4.86. The minimum atomic E-state index is 0.280. The Morgan fingerprint density at radius 1 is 0.564 bits per heavy atom. The third-order valence-electron chi connectivity index (χ3n) is 8.71. The normalized spacial score (nSPS) is 18.2. The van der Waals surface area contributed by atoms with Gasteiger partial charge in [0, 0.05) is 34.4 Å². The zero-order valence-corrected chi connectivity index (χ0v) is 24.3. The molecule has 0 heterocycles. The molecular formula is C37H42N2. The zero-order valence-electron chi connectivity index (χ0n) is 24.3. The van der Waals surface area contributed by atoms with Gasteiger partial charge in [0.05, 0.1) is 6.04 Å². The second kappa shape index (κ2) is 11.1. The second-order valence-electron chi connectivity index (χ2n) is 12.2. The van der Waals surface area contributed by atoms with Crippen molar-refractivity contribution in [1.82, 2.24) is 0 Å². The SMILES string of the molecule is Cc1ccc(N(c2ccc(N(c3ccccc3)c3ccccc3)cc2)C2C=C[C@H]2[C@H](C)[C@@H](C)C(C)(C)C)cc1. The molecule has 2 heteroatoms. The molecule has 0 radical (unpaired) electrons. The number of rotatable bonds is 8. The number of benzene rings is 4. The molecule has 0 N–H and O–H groups in total. The highest BCUT2D eigenvalue weighted by molar-refractivity contribution is 5.78. The molecule has 39 heavy (non-hydrogen) atoms. The Labute approximate surface area is 235 Å². The Bertz CT molecular complexity index is 1330. The Morgan fingerprint density at radius 2 is 1.00 bits per heavy atom. The summed E-state index contributed by atoms with van der Waals surface area (Å²) >= 11 is 0. The van der Waals surface area contributed by atoms with Crippen LogP contribution in [0, 0.1) is 30.1 Å². The van der Waals surface area contributed by atoms with Crippen molar-refractivity contribution < 1.29 is 0 Å². The second-order valence-corrected chi connectivity index (χ2v) is 12.2. The van der Waals surface area contributed by atoms with Crippen LogP contribution in [0.15, 0.2) is 121 Å². The van der Waals surface area contributed by atoms with Crippen LogP contribution in [-0.4, -0.2) is 6.04 Å². The molecule has 0 aliphatic heterocycles. The first-order valence-corrected chi connectivity index (χ1v) is 14.3.